The first-order valence-electron chi connectivity index (χ1n) is 7.01. The topological polar surface area (TPSA) is 27.7 Å². The first-order valence-corrected chi connectivity index (χ1v) is 7.01. The van der Waals surface area contributed by atoms with Crippen molar-refractivity contribution in [3.05, 3.63) is 54.1 Å². The van der Waals surface area contributed by atoms with Gasteiger partial charge in [-0.25, -0.2) is 8.78 Å². The standard InChI is InChI=1S/C17H18F2O3/c18-9-11-20-15-3-1-14(2-4-15)13-22-17-7-5-16(6-8-17)21-12-10-19/h1-8H,9-13H2. The van der Waals surface area contributed by atoms with Crippen LogP contribution >= 0.6 is 0 Å². The van der Waals surface area contributed by atoms with Gasteiger partial charge in [0.05, 0.1) is 0 Å². The van der Waals surface area contributed by atoms with Gasteiger partial charge in [0.1, 0.15) is 50.4 Å². The molecule has 0 spiro atoms. The molecule has 0 aliphatic carbocycles. The van der Waals surface area contributed by atoms with Gasteiger partial charge in [-0.05, 0) is 42.0 Å². The van der Waals surface area contributed by atoms with Gasteiger partial charge in [-0.2, -0.15) is 0 Å². The van der Waals surface area contributed by atoms with E-state index in [4.69, 9.17) is 14.2 Å². The molecule has 22 heavy (non-hydrogen) atoms. The van der Waals surface area contributed by atoms with E-state index in [2.05, 4.69) is 0 Å². The minimum atomic E-state index is -0.511. The molecule has 0 aromatic heterocycles. The lowest BCUT2D eigenvalue weighted by Gasteiger charge is -2.09. The molecule has 0 radical (unpaired) electrons. The highest BCUT2D eigenvalue weighted by atomic mass is 19.1. The summed E-state index contributed by atoms with van der Waals surface area (Å²) in [6, 6.07) is 14.3. The summed E-state index contributed by atoms with van der Waals surface area (Å²) < 4.78 is 39.9. The predicted molar refractivity (Wildman–Crippen MR) is 80.2 cm³/mol. The zero-order chi connectivity index (χ0) is 15.6. The van der Waals surface area contributed by atoms with Gasteiger partial charge >= 0.3 is 0 Å². The van der Waals surface area contributed by atoms with Gasteiger partial charge in [-0.3, -0.25) is 0 Å². The zero-order valence-corrected chi connectivity index (χ0v) is 12.1. The summed E-state index contributed by atoms with van der Waals surface area (Å²) in [5, 5.41) is 0. The summed E-state index contributed by atoms with van der Waals surface area (Å²) in [5.74, 6) is 1.94. The molecule has 0 aliphatic heterocycles. The third-order valence-corrected chi connectivity index (χ3v) is 2.84. The van der Waals surface area contributed by atoms with Crippen LogP contribution in [0.4, 0.5) is 8.78 Å². The molecular weight excluding hydrogens is 290 g/mol. The van der Waals surface area contributed by atoms with E-state index in [0.29, 0.717) is 23.9 Å². The molecule has 118 valence electrons. The van der Waals surface area contributed by atoms with Gasteiger partial charge in [0, 0.05) is 0 Å². The molecule has 0 N–H and O–H groups in total. The maximum atomic E-state index is 12.0. The van der Waals surface area contributed by atoms with Crippen LogP contribution in [0, 0.1) is 0 Å². The molecular formula is C17H18F2O3. The van der Waals surface area contributed by atoms with Crippen LogP contribution in [0.2, 0.25) is 0 Å². The monoisotopic (exact) mass is 308 g/mol. The van der Waals surface area contributed by atoms with Gasteiger partial charge in [0.15, 0.2) is 0 Å². The SMILES string of the molecule is FCCOc1ccc(COc2ccc(OCCF)cc2)cc1. The normalized spacial score (nSPS) is 10.3. The molecule has 2 rings (SSSR count). The van der Waals surface area contributed by atoms with Crippen molar-refractivity contribution in [1.82, 2.24) is 0 Å². The Balaban J connectivity index is 1.81. The van der Waals surface area contributed by atoms with E-state index in [-0.39, 0.29) is 13.2 Å². The molecule has 0 aliphatic rings. The molecule has 0 unspecified atom stereocenters. The van der Waals surface area contributed by atoms with Crippen LogP contribution < -0.4 is 14.2 Å². The van der Waals surface area contributed by atoms with Crippen LogP contribution in [-0.2, 0) is 6.61 Å². The Morgan fingerprint density at radius 3 is 1.45 bits per heavy atom. The van der Waals surface area contributed by atoms with E-state index in [9.17, 15) is 8.78 Å². The number of ether oxygens (including phenoxy) is 3. The molecule has 0 atom stereocenters. The largest absolute Gasteiger partial charge is 0.491 e. The highest BCUT2D eigenvalue weighted by Gasteiger charge is 1.99. The van der Waals surface area contributed by atoms with E-state index in [1.54, 1.807) is 36.4 Å². The van der Waals surface area contributed by atoms with Gasteiger partial charge in [-0.1, -0.05) is 12.1 Å². The second kappa shape index (κ2) is 8.87. The van der Waals surface area contributed by atoms with Crippen molar-refractivity contribution in [2.45, 2.75) is 6.61 Å². The second-order valence-corrected chi connectivity index (χ2v) is 4.48. The third kappa shape index (κ3) is 5.24. The summed E-state index contributed by atoms with van der Waals surface area (Å²) in [6.07, 6.45) is 0. The lowest BCUT2D eigenvalue weighted by atomic mass is 10.2. The van der Waals surface area contributed by atoms with E-state index in [1.807, 2.05) is 12.1 Å². The molecule has 5 heteroatoms. The zero-order valence-electron chi connectivity index (χ0n) is 12.1. The number of benzene rings is 2. The fraction of sp³-hybridized carbons (Fsp3) is 0.294. The predicted octanol–water partition coefficient (Wildman–Crippen LogP) is 3.96. The highest BCUT2D eigenvalue weighted by Crippen LogP contribution is 2.19. The fourth-order valence-corrected chi connectivity index (χ4v) is 1.79. The Morgan fingerprint density at radius 1 is 0.591 bits per heavy atom. The summed E-state index contributed by atoms with van der Waals surface area (Å²) in [4.78, 5) is 0. The number of rotatable bonds is 9. The summed E-state index contributed by atoms with van der Waals surface area (Å²) in [7, 11) is 0. The Morgan fingerprint density at radius 2 is 1.00 bits per heavy atom. The lowest BCUT2D eigenvalue weighted by molar-refractivity contribution is 0.271. The lowest BCUT2D eigenvalue weighted by Crippen LogP contribution is -2.00. The molecule has 0 bridgehead atoms. The van der Waals surface area contributed by atoms with Crippen LogP contribution in [0.25, 0.3) is 0 Å². The van der Waals surface area contributed by atoms with E-state index < -0.39 is 13.3 Å². The molecule has 2 aromatic rings. The van der Waals surface area contributed by atoms with Crippen LogP contribution in [0.3, 0.4) is 0 Å². The summed E-state index contributed by atoms with van der Waals surface area (Å²) in [5.41, 5.74) is 0.977. The molecule has 0 saturated heterocycles. The molecule has 0 amide bonds. The molecule has 0 saturated carbocycles. The summed E-state index contributed by atoms with van der Waals surface area (Å²) >= 11 is 0. The van der Waals surface area contributed by atoms with Crippen molar-refractivity contribution in [3.8, 4) is 17.2 Å². The number of hydrogen-bond donors (Lipinski definition) is 0. The fourth-order valence-electron chi connectivity index (χ4n) is 1.79. The van der Waals surface area contributed by atoms with E-state index >= 15 is 0 Å². The van der Waals surface area contributed by atoms with E-state index in [0.717, 1.165) is 5.56 Å². The van der Waals surface area contributed by atoms with Crippen molar-refractivity contribution >= 4 is 0 Å². The average Bonchev–Trinajstić information content (AvgIpc) is 2.58. The minimum Gasteiger partial charge on any atom is -0.491 e. The first kappa shape index (κ1) is 16.1. The van der Waals surface area contributed by atoms with Crippen molar-refractivity contribution in [2.24, 2.45) is 0 Å². The van der Waals surface area contributed by atoms with Gasteiger partial charge in [0.2, 0.25) is 0 Å². The smallest absolute Gasteiger partial charge is 0.123 e. The molecule has 0 heterocycles. The second-order valence-electron chi connectivity index (χ2n) is 4.48. The molecule has 3 nitrogen and oxygen atoms in total. The number of hydrogen-bond acceptors (Lipinski definition) is 3. The Kier molecular flexibility index (Phi) is 6.48. The van der Waals surface area contributed by atoms with Crippen molar-refractivity contribution in [1.29, 1.82) is 0 Å². The van der Waals surface area contributed by atoms with E-state index in [1.165, 1.54) is 0 Å². The van der Waals surface area contributed by atoms with Crippen LogP contribution in [0.15, 0.2) is 48.5 Å². The van der Waals surface area contributed by atoms with Crippen LogP contribution in [-0.4, -0.2) is 26.6 Å². The minimum absolute atomic E-state index is 0.0526. The quantitative estimate of drug-likeness (QED) is 0.702. The van der Waals surface area contributed by atoms with Crippen LogP contribution in [0.5, 0.6) is 17.2 Å². The Hall–Kier alpha value is -2.30. The van der Waals surface area contributed by atoms with Crippen molar-refractivity contribution in [3.63, 3.8) is 0 Å². The average molecular weight is 308 g/mol. The van der Waals surface area contributed by atoms with Gasteiger partial charge in [-0.15, -0.1) is 0 Å². The van der Waals surface area contributed by atoms with Gasteiger partial charge in [0.25, 0.3) is 0 Å². The first-order chi connectivity index (χ1) is 10.8. The Labute approximate surface area is 128 Å². The van der Waals surface area contributed by atoms with Crippen LogP contribution in [0.1, 0.15) is 5.56 Å². The highest BCUT2D eigenvalue weighted by molar-refractivity contribution is 5.32. The van der Waals surface area contributed by atoms with Gasteiger partial charge < -0.3 is 14.2 Å². The Bertz CT molecular complexity index is 489. The van der Waals surface area contributed by atoms with Crippen molar-refractivity contribution in [2.75, 3.05) is 26.6 Å². The molecule has 2 aromatic carbocycles. The third-order valence-electron chi connectivity index (χ3n) is 2.84. The number of halogens is 2. The maximum absolute atomic E-state index is 12.0. The maximum Gasteiger partial charge on any atom is 0.123 e. The molecule has 0 fully saturated rings. The van der Waals surface area contributed by atoms with Crippen molar-refractivity contribution < 1.29 is 23.0 Å². The number of alkyl halides is 2. The summed E-state index contributed by atoms with van der Waals surface area (Å²) in [6.45, 7) is -0.489.